The summed E-state index contributed by atoms with van der Waals surface area (Å²) in [5.74, 6) is 0. The molecule has 0 fully saturated rings. The van der Waals surface area contributed by atoms with Crippen LogP contribution in [0, 0.1) is 6.92 Å². The monoisotopic (exact) mass is 228 g/mol. The van der Waals surface area contributed by atoms with Gasteiger partial charge in [-0.15, -0.1) is 9.24 Å². The van der Waals surface area contributed by atoms with Gasteiger partial charge in [0.15, 0.2) is 0 Å². The summed E-state index contributed by atoms with van der Waals surface area (Å²) in [5, 5.41) is 0.948. The Kier molecular flexibility index (Phi) is 4.95. The van der Waals surface area contributed by atoms with Crippen molar-refractivity contribution in [2.45, 2.75) is 6.92 Å². The van der Waals surface area contributed by atoms with E-state index in [2.05, 4.69) is 59.7 Å². The lowest BCUT2D eigenvalue weighted by molar-refractivity contribution is 1.46. The van der Waals surface area contributed by atoms with Crippen LogP contribution in [0.15, 0.2) is 66.5 Å². The molecule has 1 aromatic rings. The lowest BCUT2D eigenvalue weighted by Gasteiger charge is -1.96. The lowest BCUT2D eigenvalue weighted by atomic mass is 10.1. The van der Waals surface area contributed by atoms with Crippen molar-refractivity contribution >= 4 is 15.3 Å². The number of hydrogen-bond donors (Lipinski definition) is 0. The average molecular weight is 228 g/mol. The van der Waals surface area contributed by atoms with E-state index < -0.39 is 0 Å². The van der Waals surface area contributed by atoms with E-state index >= 15 is 0 Å². The van der Waals surface area contributed by atoms with Crippen LogP contribution in [0.5, 0.6) is 0 Å². The van der Waals surface area contributed by atoms with Crippen LogP contribution in [0.2, 0.25) is 0 Å². The Morgan fingerprint density at radius 2 is 1.88 bits per heavy atom. The minimum Gasteiger partial charge on any atom is -0.106 e. The zero-order valence-corrected chi connectivity index (χ0v) is 10.8. The molecule has 0 saturated heterocycles. The fourth-order valence-electron chi connectivity index (χ4n) is 1.26. The van der Waals surface area contributed by atoms with Crippen molar-refractivity contribution in [3.63, 3.8) is 0 Å². The van der Waals surface area contributed by atoms with Gasteiger partial charge in [-0.25, -0.2) is 0 Å². The molecule has 1 rings (SSSR count). The van der Waals surface area contributed by atoms with Gasteiger partial charge in [0.1, 0.15) is 0 Å². The van der Waals surface area contributed by atoms with Crippen LogP contribution in [-0.2, 0) is 0 Å². The van der Waals surface area contributed by atoms with Gasteiger partial charge in [0.25, 0.3) is 0 Å². The number of allylic oxidation sites excluding steroid dienone is 5. The highest BCUT2D eigenvalue weighted by Crippen LogP contribution is 2.12. The molecule has 0 radical (unpaired) electrons. The minimum atomic E-state index is 0.948. The Morgan fingerprint density at radius 1 is 1.25 bits per heavy atom. The van der Waals surface area contributed by atoms with E-state index in [1.165, 1.54) is 11.1 Å². The first-order valence-electron chi connectivity index (χ1n) is 5.15. The smallest absolute Gasteiger partial charge is 0.0256 e. The third-order valence-electron chi connectivity index (χ3n) is 2.13. The zero-order valence-electron chi connectivity index (χ0n) is 9.61. The van der Waals surface area contributed by atoms with Crippen LogP contribution in [0.4, 0.5) is 0 Å². The summed E-state index contributed by atoms with van der Waals surface area (Å²) in [4.78, 5) is 0. The third kappa shape index (κ3) is 4.42. The Bertz CT molecular complexity index is 433. The molecule has 0 aromatic heterocycles. The second kappa shape index (κ2) is 6.25. The Hall–Kier alpha value is -1.39. The van der Waals surface area contributed by atoms with Crippen LogP contribution < -0.4 is 0 Å². The Balaban J connectivity index is 2.83. The van der Waals surface area contributed by atoms with Crippen molar-refractivity contribution in [2.75, 3.05) is 0 Å². The van der Waals surface area contributed by atoms with Crippen LogP contribution in [-0.4, -0.2) is 0 Å². The molecular weight excluding hydrogens is 211 g/mol. The highest BCUT2D eigenvalue weighted by atomic mass is 31.0. The largest absolute Gasteiger partial charge is 0.106 e. The Labute approximate surface area is 100 Å². The van der Waals surface area contributed by atoms with Gasteiger partial charge in [-0.3, -0.25) is 0 Å². The molecule has 0 aliphatic carbocycles. The van der Waals surface area contributed by atoms with Gasteiger partial charge in [-0.05, 0) is 29.5 Å². The van der Waals surface area contributed by atoms with Crippen LogP contribution in [0.25, 0.3) is 6.08 Å². The summed E-state index contributed by atoms with van der Waals surface area (Å²) in [5.41, 5.74) is 3.52. The van der Waals surface area contributed by atoms with E-state index in [0.717, 1.165) is 10.9 Å². The van der Waals surface area contributed by atoms with Gasteiger partial charge < -0.3 is 0 Å². The highest BCUT2D eigenvalue weighted by Gasteiger charge is 1.88. The molecule has 1 unspecified atom stereocenters. The molecule has 16 heavy (non-hydrogen) atoms. The van der Waals surface area contributed by atoms with Crippen LogP contribution >= 0.6 is 9.24 Å². The average Bonchev–Trinajstić information content (AvgIpc) is 2.26. The maximum atomic E-state index is 3.81. The molecular formula is C15H17P. The predicted molar refractivity (Wildman–Crippen MR) is 77.3 cm³/mol. The molecule has 0 nitrogen and oxygen atoms in total. The molecule has 1 aromatic carbocycles. The fourth-order valence-corrected chi connectivity index (χ4v) is 1.45. The summed E-state index contributed by atoms with van der Waals surface area (Å²) < 4.78 is 0. The predicted octanol–water partition coefficient (Wildman–Crippen LogP) is 4.51. The molecule has 1 atom stereocenters. The zero-order chi connectivity index (χ0) is 12.0. The van der Waals surface area contributed by atoms with Gasteiger partial charge in [-0.1, -0.05) is 61.2 Å². The summed E-state index contributed by atoms with van der Waals surface area (Å²) in [7, 11) is 2.56. The summed E-state index contributed by atoms with van der Waals surface area (Å²) in [6.07, 6.45) is 7.90. The minimum absolute atomic E-state index is 0.948. The second-order valence-electron chi connectivity index (χ2n) is 3.67. The maximum Gasteiger partial charge on any atom is -0.0256 e. The van der Waals surface area contributed by atoms with Crippen molar-refractivity contribution < 1.29 is 0 Å². The fraction of sp³-hybridized carbons (Fsp3) is 0.0667. The molecule has 0 amide bonds. The normalized spacial score (nSPS) is 11.8. The van der Waals surface area contributed by atoms with E-state index in [9.17, 15) is 0 Å². The van der Waals surface area contributed by atoms with Gasteiger partial charge in [0.05, 0.1) is 0 Å². The van der Waals surface area contributed by atoms with Crippen molar-refractivity contribution in [3.8, 4) is 0 Å². The highest BCUT2D eigenvalue weighted by molar-refractivity contribution is 7.22. The standard InChI is InChI=1S/C15H17P/c1-4-14(11-13(3)16)9-10-15-7-5-12(2)6-8-15/h4-11H,1,3,16H2,2H3/b10-9+,14-11+. The molecule has 0 aliphatic heterocycles. The van der Waals surface area contributed by atoms with Crippen LogP contribution in [0.1, 0.15) is 11.1 Å². The molecule has 0 heterocycles. The lowest BCUT2D eigenvalue weighted by Crippen LogP contribution is -1.75. The Morgan fingerprint density at radius 3 is 2.38 bits per heavy atom. The summed E-state index contributed by atoms with van der Waals surface area (Å²) in [6.45, 7) is 9.67. The molecule has 0 bridgehead atoms. The van der Waals surface area contributed by atoms with Gasteiger partial charge in [-0.2, -0.15) is 0 Å². The molecule has 0 aliphatic rings. The maximum absolute atomic E-state index is 3.81. The van der Waals surface area contributed by atoms with E-state index in [0.29, 0.717) is 0 Å². The van der Waals surface area contributed by atoms with Gasteiger partial charge >= 0.3 is 0 Å². The van der Waals surface area contributed by atoms with Crippen molar-refractivity contribution in [1.82, 2.24) is 0 Å². The molecule has 0 saturated carbocycles. The number of hydrogen-bond acceptors (Lipinski definition) is 0. The molecule has 0 spiro atoms. The van der Waals surface area contributed by atoms with Crippen molar-refractivity contribution in [1.29, 1.82) is 0 Å². The number of aryl methyl sites for hydroxylation is 1. The van der Waals surface area contributed by atoms with Crippen molar-refractivity contribution in [3.05, 3.63) is 77.7 Å². The second-order valence-corrected chi connectivity index (χ2v) is 4.41. The van der Waals surface area contributed by atoms with Gasteiger partial charge in [0, 0.05) is 0 Å². The molecule has 82 valence electrons. The first-order valence-corrected chi connectivity index (χ1v) is 5.73. The summed E-state index contributed by atoms with van der Waals surface area (Å²) in [6, 6.07) is 8.40. The van der Waals surface area contributed by atoms with E-state index in [-0.39, 0.29) is 0 Å². The van der Waals surface area contributed by atoms with E-state index in [4.69, 9.17) is 0 Å². The topological polar surface area (TPSA) is 0 Å². The van der Waals surface area contributed by atoms with E-state index in [1.54, 1.807) is 0 Å². The first-order chi connectivity index (χ1) is 7.61. The molecule has 1 heteroatoms. The number of rotatable bonds is 4. The third-order valence-corrected chi connectivity index (χ3v) is 2.30. The van der Waals surface area contributed by atoms with Crippen molar-refractivity contribution in [2.24, 2.45) is 0 Å². The van der Waals surface area contributed by atoms with E-state index in [1.807, 2.05) is 18.2 Å². The molecule has 0 N–H and O–H groups in total. The quantitative estimate of drug-likeness (QED) is 0.525. The SMILES string of the molecule is C=CC(/C=C/c1ccc(C)cc1)=C\C(=C)P. The summed E-state index contributed by atoms with van der Waals surface area (Å²) >= 11 is 0. The van der Waals surface area contributed by atoms with Crippen LogP contribution in [0.3, 0.4) is 0 Å². The van der Waals surface area contributed by atoms with Gasteiger partial charge in [0.2, 0.25) is 0 Å². The number of benzene rings is 1. The first kappa shape index (κ1) is 12.7.